The molecule has 22 heteroatoms. The van der Waals surface area contributed by atoms with Crippen molar-refractivity contribution in [2.24, 2.45) is 0 Å². The number of aliphatic hydroxyl groups excluding tert-OH is 3. The molecule has 13 N–H and O–H groups in total. The lowest BCUT2D eigenvalue weighted by atomic mass is 9.90. The molecule has 0 saturated heterocycles. The van der Waals surface area contributed by atoms with Gasteiger partial charge >= 0.3 is 23.2 Å². The molecule has 0 saturated carbocycles. The zero-order valence-electron chi connectivity index (χ0n) is 27.4. The molecule has 0 radical (unpaired) electrons. The first kappa shape index (κ1) is 38.0. The molecule has 2 heterocycles. The maximum absolute atomic E-state index is 13.9. The van der Waals surface area contributed by atoms with Gasteiger partial charge < -0.3 is 89.5 Å². The quantitative estimate of drug-likeness (QED) is 0.0283. The van der Waals surface area contributed by atoms with E-state index in [4.69, 9.17) is 18.3 Å². The van der Waals surface area contributed by atoms with E-state index in [0.717, 1.165) is 0 Å². The van der Waals surface area contributed by atoms with E-state index in [2.05, 4.69) is 0 Å². The number of rotatable bonds is 10. The number of hydrogen-bond acceptors (Lipinski definition) is 22. The highest BCUT2D eigenvalue weighted by Crippen LogP contribution is 2.54. The number of benzene rings is 4. The number of esters is 2. The Bertz CT molecular complexity index is 2720. The second kappa shape index (κ2) is 13.6. The Morgan fingerprint density at radius 3 is 1.80 bits per heavy atom. The van der Waals surface area contributed by atoms with Crippen molar-refractivity contribution in [2.75, 3.05) is 6.61 Å². The summed E-state index contributed by atoms with van der Waals surface area (Å²) < 4.78 is 20.2. The number of carbonyl (C=O) groups excluding carboxylic acids is 3. The van der Waals surface area contributed by atoms with Crippen LogP contribution in [0.15, 0.2) is 42.7 Å². The van der Waals surface area contributed by atoms with E-state index in [1.165, 1.54) is 0 Å². The van der Waals surface area contributed by atoms with Gasteiger partial charge in [-0.2, -0.15) is 0 Å². The molecule has 0 bridgehead atoms. The highest BCUT2D eigenvalue weighted by molar-refractivity contribution is 6.26. The summed E-state index contributed by atoms with van der Waals surface area (Å²) in [5.74, 6) is -15.3. The summed E-state index contributed by atoms with van der Waals surface area (Å²) in [4.78, 5) is 64.1. The van der Waals surface area contributed by atoms with E-state index < -0.39 is 167 Å². The normalized spacial score (nSPS) is 13.8. The number of phenolic OH excluding ortho intramolecular Hbond substituents is 10. The number of phenols is 10. The Morgan fingerprint density at radius 2 is 1.18 bits per heavy atom. The molecule has 292 valence electrons. The van der Waals surface area contributed by atoms with E-state index >= 15 is 0 Å². The molecule has 22 nitrogen and oxygen atoms in total. The van der Waals surface area contributed by atoms with Crippen LogP contribution in [0.5, 0.6) is 57.5 Å². The summed E-state index contributed by atoms with van der Waals surface area (Å²) in [7, 11) is 0. The molecule has 6 aromatic rings. The predicted molar refractivity (Wildman–Crippen MR) is 179 cm³/mol. The van der Waals surface area contributed by atoms with Crippen molar-refractivity contribution in [1.29, 1.82) is 0 Å². The fraction of sp³-hybridized carbons (Fsp3) is 0.147. The molecular formula is C34H24O22. The van der Waals surface area contributed by atoms with Crippen LogP contribution in [0.2, 0.25) is 0 Å². The van der Waals surface area contributed by atoms with Gasteiger partial charge in [0, 0.05) is 21.9 Å². The number of hydrogen-bond donors (Lipinski definition) is 13. The minimum Gasteiger partial charge on any atom is -0.504 e. The zero-order valence-corrected chi connectivity index (χ0v) is 27.4. The zero-order chi connectivity index (χ0) is 41.2. The molecule has 0 aliphatic rings. The predicted octanol–water partition coefficient (Wildman–Crippen LogP) is -0.123. The molecule has 2 aromatic heterocycles. The summed E-state index contributed by atoms with van der Waals surface area (Å²) in [5.41, 5.74) is -8.68. The maximum atomic E-state index is 13.9. The molecule has 4 unspecified atom stereocenters. The molecule has 0 aliphatic carbocycles. The van der Waals surface area contributed by atoms with Gasteiger partial charge in [-0.25, -0.2) is 19.2 Å². The molecule has 56 heavy (non-hydrogen) atoms. The van der Waals surface area contributed by atoms with Crippen LogP contribution in [0, 0.1) is 0 Å². The third-order valence-electron chi connectivity index (χ3n) is 8.56. The highest BCUT2D eigenvalue weighted by atomic mass is 16.6. The molecule has 6 rings (SSSR count). The van der Waals surface area contributed by atoms with Gasteiger partial charge in [0.25, 0.3) is 0 Å². The van der Waals surface area contributed by atoms with Gasteiger partial charge in [0.15, 0.2) is 63.8 Å². The Morgan fingerprint density at radius 1 is 0.625 bits per heavy atom. The first-order chi connectivity index (χ1) is 26.3. The van der Waals surface area contributed by atoms with Gasteiger partial charge in [-0.1, -0.05) is 0 Å². The Hall–Kier alpha value is -7.69. The van der Waals surface area contributed by atoms with Gasteiger partial charge in [-0.15, -0.1) is 0 Å². The van der Waals surface area contributed by atoms with Gasteiger partial charge in [0.2, 0.25) is 17.2 Å². The van der Waals surface area contributed by atoms with E-state index in [1.54, 1.807) is 0 Å². The van der Waals surface area contributed by atoms with Crippen LogP contribution < -0.4 is 11.3 Å². The molecular weight excluding hydrogens is 760 g/mol. The van der Waals surface area contributed by atoms with Crippen LogP contribution >= 0.6 is 0 Å². The lowest BCUT2D eigenvalue weighted by Gasteiger charge is -2.28. The van der Waals surface area contributed by atoms with Crippen molar-refractivity contribution < 1.29 is 99.1 Å². The molecule has 0 fully saturated rings. The first-order valence-electron chi connectivity index (χ1n) is 15.4. The topological polar surface area (TPSA) is 393 Å². The van der Waals surface area contributed by atoms with E-state index in [9.17, 15) is 90.4 Å². The smallest absolute Gasteiger partial charge is 0.345 e. The van der Waals surface area contributed by atoms with Gasteiger partial charge in [0.1, 0.15) is 24.9 Å². The molecule has 0 aliphatic heterocycles. The van der Waals surface area contributed by atoms with Crippen LogP contribution in [0.25, 0.3) is 43.8 Å². The van der Waals surface area contributed by atoms with Crippen LogP contribution in [0.1, 0.15) is 20.7 Å². The fourth-order valence-corrected chi connectivity index (χ4v) is 5.88. The van der Waals surface area contributed by atoms with Crippen molar-refractivity contribution in [1.82, 2.24) is 0 Å². The lowest BCUT2D eigenvalue weighted by molar-refractivity contribution is -0.138. The van der Waals surface area contributed by atoms with Crippen molar-refractivity contribution >= 4 is 50.9 Å². The second-order valence-corrected chi connectivity index (χ2v) is 12.0. The molecule has 4 atom stereocenters. The van der Waals surface area contributed by atoms with E-state index in [1.807, 2.05) is 0 Å². The Kier molecular flexibility index (Phi) is 9.25. The van der Waals surface area contributed by atoms with Crippen LogP contribution in [0.3, 0.4) is 0 Å². The van der Waals surface area contributed by atoms with Crippen molar-refractivity contribution in [3.05, 3.63) is 56.2 Å². The third kappa shape index (κ3) is 5.87. The number of aliphatic hydroxyl groups is 3. The monoisotopic (exact) mass is 784 g/mol. The van der Waals surface area contributed by atoms with Crippen LogP contribution in [-0.2, 0) is 14.3 Å². The third-order valence-corrected chi connectivity index (χ3v) is 8.56. The minimum absolute atomic E-state index is 0.267. The summed E-state index contributed by atoms with van der Waals surface area (Å²) >= 11 is 0. The Balaban J connectivity index is 1.51. The first-order valence-corrected chi connectivity index (χ1v) is 15.4. The van der Waals surface area contributed by atoms with Crippen molar-refractivity contribution in [2.45, 2.75) is 24.4 Å². The lowest BCUT2D eigenvalue weighted by Crippen LogP contribution is -2.49. The Labute approximate surface area is 305 Å². The van der Waals surface area contributed by atoms with Gasteiger partial charge in [-0.05, 0) is 24.3 Å². The van der Waals surface area contributed by atoms with Gasteiger partial charge in [0.05, 0.1) is 21.9 Å². The van der Waals surface area contributed by atoms with E-state index in [-0.39, 0.29) is 6.29 Å². The highest BCUT2D eigenvalue weighted by Gasteiger charge is 2.39. The SMILES string of the molecule is O=CC(O)C(O)C(OC(=O)c1cc(O)c(O)c(O)c1-c1c(O)c(O)c2oc(=O)c3cc(O)c(O)c4oc(=O)c1c2c43)C(O)COC(=O)c1cc(O)c(O)c(O)c1. The fourth-order valence-electron chi connectivity index (χ4n) is 5.88. The summed E-state index contributed by atoms with van der Waals surface area (Å²) in [6, 6.07) is 2.33. The van der Waals surface area contributed by atoms with Crippen LogP contribution in [-0.4, -0.2) is 116 Å². The summed E-state index contributed by atoms with van der Waals surface area (Å²) in [6.45, 7) is -1.25. The molecule has 4 aromatic carbocycles. The van der Waals surface area contributed by atoms with E-state index in [0.29, 0.717) is 24.3 Å². The van der Waals surface area contributed by atoms with Crippen molar-refractivity contribution in [3.8, 4) is 68.6 Å². The van der Waals surface area contributed by atoms with Gasteiger partial charge in [-0.3, -0.25) is 0 Å². The number of ether oxygens (including phenoxy) is 2. The minimum atomic E-state index is -2.55. The largest absolute Gasteiger partial charge is 0.504 e. The summed E-state index contributed by atoms with van der Waals surface area (Å²) in [6.07, 6.45) is -10.1. The maximum Gasteiger partial charge on any atom is 0.345 e. The number of aromatic hydroxyl groups is 10. The second-order valence-electron chi connectivity index (χ2n) is 12.0. The molecule has 0 spiro atoms. The molecule has 0 amide bonds. The number of aldehydes is 1. The summed E-state index contributed by atoms with van der Waals surface area (Å²) in [5, 5.41) is 133. The standard InChI is InChI=1S/C34H24O22/c35-5-14(40)24(45)28(15(41)6-53-31(49)7-1-10(36)21(42)11(37)2-7)54-32(50)8-3-12(38)22(43)25(46)16(8)18-20-19-17-9(33(51)55-30(19)27(48)26(18)47)4-13(39)23(44)29(17)56-34(20)52/h1-5,14-15,24,28,36-48H,6H2. The average molecular weight is 785 g/mol. The van der Waals surface area contributed by atoms with Crippen molar-refractivity contribution in [3.63, 3.8) is 0 Å². The average Bonchev–Trinajstić information content (AvgIpc) is 3.16. The van der Waals surface area contributed by atoms with Crippen LogP contribution in [0.4, 0.5) is 0 Å². The number of carbonyl (C=O) groups is 3.